The molecule has 0 aliphatic carbocycles. The Morgan fingerprint density at radius 1 is 1.32 bits per heavy atom. The molecule has 0 aromatic carbocycles. The van der Waals surface area contributed by atoms with Crippen LogP contribution in [0.4, 0.5) is 8.78 Å². The van der Waals surface area contributed by atoms with Crippen molar-refractivity contribution in [1.82, 2.24) is 10.2 Å². The second kappa shape index (κ2) is 5.76. The number of nitrogens with zero attached hydrogens (tertiary/aromatic N) is 1. The average molecular weight is 316 g/mol. The van der Waals surface area contributed by atoms with Gasteiger partial charge in [-0.2, -0.15) is 0 Å². The zero-order valence-corrected chi connectivity index (χ0v) is 12.6. The zero-order chi connectivity index (χ0) is 15.8. The Bertz CT molecular complexity index is 466. The summed E-state index contributed by atoms with van der Waals surface area (Å²) in [6.45, 7) is 1.22. The molecule has 1 unspecified atom stereocenters. The summed E-state index contributed by atoms with van der Waals surface area (Å²) >= 11 is 0. The summed E-state index contributed by atoms with van der Waals surface area (Å²) in [4.78, 5) is 25.6. The molecule has 0 aromatic heterocycles. The molecule has 5 nitrogen and oxygen atoms in total. The highest BCUT2D eigenvalue weighted by Crippen LogP contribution is 2.43. The summed E-state index contributed by atoms with van der Waals surface area (Å²) < 4.78 is 33.4. The molecule has 3 aliphatic heterocycles. The Hall–Kier alpha value is -1.24. The maximum Gasteiger partial charge on any atom is 0.266 e. The van der Waals surface area contributed by atoms with Crippen molar-refractivity contribution >= 4 is 11.8 Å². The first kappa shape index (κ1) is 15.6. The van der Waals surface area contributed by atoms with E-state index in [1.807, 2.05) is 0 Å². The molecule has 0 saturated carbocycles. The van der Waals surface area contributed by atoms with Gasteiger partial charge in [-0.25, -0.2) is 8.78 Å². The van der Waals surface area contributed by atoms with Gasteiger partial charge < -0.3 is 15.0 Å². The van der Waals surface area contributed by atoms with Crippen molar-refractivity contribution in [3.8, 4) is 0 Å². The van der Waals surface area contributed by atoms with Gasteiger partial charge in [-0.1, -0.05) is 0 Å². The number of carbonyl (C=O) groups excluding carboxylic acids is 2. The van der Waals surface area contributed by atoms with E-state index in [9.17, 15) is 18.4 Å². The normalized spacial score (nSPS) is 32.3. The number of likely N-dealkylation sites (tertiary alicyclic amines) is 1. The van der Waals surface area contributed by atoms with Gasteiger partial charge in [-0.05, 0) is 25.2 Å². The van der Waals surface area contributed by atoms with Crippen molar-refractivity contribution < 1.29 is 23.1 Å². The molecular formula is C15H22F2N2O3. The minimum absolute atomic E-state index is 0.122. The molecule has 3 fully saturated rings. The number of rotatable bonds is 2. The van der Waals surface area contributed by atoms with Crippen molar-refractivity contribution in [2.45, 2.75) is 38.0 Å². The summed E-state index contributed by atoms with van der Waals surface area (Å²) in [7, 11) is 0. The Morgan fingerprint density at radius 3 is 2.68 bits per heavy atom. The number of hydrogen-bond acceptors (Lipinski definition) is 3. The van der Waals surface area contributed by atoms with Crippen LogP contribution in [0.3, 0.4) is 0 Å². The minimum Gasteiger partial charge on any atom is -0.381 e. The number of piperidine rings is 1. The fourth-order valence-corrected chi connectivity index (χ4v) is 3.85. The maximum atomic E-state index is 14.1. The third-order valence-corrected chi connectivity index (χ3v) is 5.04. The molecule has 3 saturated heterocycles. The molecule has 0 bridgehead atoms. The zero-order valence-electron chi connectivity index (χ0n) is 12.6. The molecule has 1 atom stereocenters. The molecule has 3 rings (SSSR count). The monoisotopic (exact) mass is 316 g/mol. The molecule has 0 radical (unpaired) electrons. The number of carbonyl (C=O) groups is 2. The van der Waals surface area contributed by atoms with Crippen LogP contribution >= 0.6 is 0 Å². The van der Waals surface area contributed by atoms with Gasteiger partial charge in [0.05, 0.1) is 12.0 Å². The van der Waals surface area contributed by atoms with Gasteiger partial charge in [-0.15, -0.1) is 0 Å². The van der Waals surface area contributed by atoms with E-state index in [-0.39, 0.29) is 30.7 Å². The van der Waals surface area contributed by atoms with Crippen molar-refractivity contribution in [1.29, 1.82) is 0 Å². The average Bonchev–Trinajstić information content (AvgIpc) is 2.78. The largest absolute Gasteiger partial charge is 0.381 e. The van der Waals surface area contributed by atoms with Crippen LogP contribution in [0.5, 0.6) is 0 Å². The lowest BCUT2D eigenvalue weighted by atomic mass is 9.76. The summed E-state index contributed by atoms with van der Waals surface area (Å²) in [5, 5.41) is 2.63. The van der Waals surface area contributed by atoms with Crippen LogP contribution in [-0.2, 0) is 14.3 Å². The van der Waals surface area contributed by atoms with Gasteiger partial charge in [-0.3, -0.25) is 9.59 Å². The quantitative estimate of drug-likeness (QED) is 0.832. The lowest BCUT2D eigenvalue weighted by Gasteiger charge is -2.42. The van der Waals surface area contributed by atoms with Crippen molar-refractivity contribution in [2.75, 3.05) is 32.8 Å². The van der Waals surface area contributed by atoms with Crippen molar-refractivity contribution in [3.63, 3.8) is 0 Å². The van der Waals surface area contributed by atoms with E-state index < -0.39 is 24.3 Å². The van der Waals surface area contributed by atoms with Gasteiger partial charge in [0.2, 0.25) is 11.8 Å². The summed E-state index contributed by atoms with van der Waals surface area (Å²) in [6.07, 6.45) is 1.79. The third kappa shape index (κ3) is 3.09. The van der Waals surface area contributed by atoms with Gasteiger partial charge in [0.25, 0.3) is 5.92 Å². The molecule has 3 aliphatic rings. The standard InChI is InChI=1S/C15H22F2N2O3/c16-15(17)8-14(3-4-18-13(14)21)9-19(10-15)12(20)7-11-1-5-22-6-2-11/h11H,1-10H2,(H,18,21). The molecule has 22 heavy (non-hydrogen) atoms. The topological polar surface area (TPSA) is 58.6 Å². The molecule has 1 spiro atoms. The second-order valence-corrected chi connectivity index (χ2v) is 6.83. The van der Waals surface area contributed by atoms with Crippen LogP contribution in [0.2, 0.25) is 0 Å². The van der Waals surface area contributed by atoms with Gasteiger partial charge >= 0.3 is 0 Å². The second-order valence-electron chi connectivity index (χ2n) is 6.83. The van der Waals surface area contributed by atoms with Gasteiger partial charge in [0.1, 0.15) is 0 Å². The van der Waals surface area contributed by atoms with Crippen LogP contribution in [0.15, 0.2) is 0 Å². The fraction of sp³-hybridized carbons (Fsp3) is 0.867. The number of hydrogen-bond donors (Lipinski definition) is 1. The lowest BCUT2D eigenvalue weighted by molar-refractivity contribution is -0.161. The smallest absolute Gasteiger partial charge is 0.266 e. The predicted octanol–water partition coefficient (Wildman–Crippen LogP) is 1.18. The number of alkyl halides is 2. The molecular weight excluding hydrogens is 294 g/mol. The highest BCUT2D eigenvalue weighted by atomic mass is 19.3. The molecule has 3 heterocycles. The number of halogens is 2. The molecule has 1 N–H and O–H groups in total. The van der Waals surface area contributed by atoms with Crippen LogP contribution < -0.4 is 5.32 Å². The Morgan fingerprint density at radius 2 is 2.05 bits per heavy atom. The fourth-order valence-electron chi connectivity index (χ4n) is 3.85. The summed E-state index contributed by atoms with van der Waals surface area (Å²) in [6, 6.07) is 0. The van der Waals surface area contributed by atoms with Crippen LogP contribution in [0.25, 0.3) is 0 Å². The van der Waals surface area contributed by atoms with E-state index >= 15 is 0 Å². The van der Waals surface area contributed by atoms with Crippen LogP contribution in [0, 0.1) is 11.3 Å². The Balaban J connectivity index is 1.69. The molecule has 2 amide bonds. The first-order chi connectivity index (χ1) is 10.4. The minimum atomic E-state index is -2.99. The van der Waals surface area contributed by atoms with Crippen molar-refractivity contribution in [2.24, 2.45) is 11.3 Å². The van der Waals surface area contributed by atoms with E-state index in [4.69, 9.17) is 4.74 Å². The van der Waals surface area contributed by atoms with E-state index in [0.29, 0.717) is 26.2 Å². The Kier molecular flexibility index (Phi) is 4.09. The Labute approximate surface area is 128 Å². The van der Waals surface area contributed by atoms with Crippen LogP contribution in [0.1, 0.15) is 32.1 Å². The number of amides is 2. The first-order valence-electron chi connectivity index (χ1n) is 7.92. The SMILES string of the molecule is O=C(CC1CCOCC1)N1CC(F)(F)CC2(CCNC2=O)C1. The number of nitrogens with one attached hydrogen (secondary N) is 1. The van der Waals surface area contributed by atoms with Crippen LogP contribution in [-0.4, -0.2) is 55.5 Å². The lowest BCUT2D eigenvalue weighted by Crippen LogP contribution is -2.57. The summed E-state index contributed by atoms with van der Waals surface area (Å²) in [5.74, 6) is -3.39. The summed E-state index contributed by atoms with van der Waals surface area (Å²) in [5.41, 5.74) is -1.10. The molecule has 124 valence electrons. The van der Waals surface area contributed by atoms with E-state index in [0.717, 1.165) is 12.8 Å². The predicted molar refractivity (Wildman–Crippen MR) is 74.4 cm³/mol. The maximum absolute atomic E-state index is 14.1. The number of ether oxygens (including phenoxy) is 1. The van der Waals surface area contributed by atoms with E-state index in [1.54, 1.807) is 0 Å². The first-order valence-corrected chi connectivity index (χ1v) is 7.92. The molecule has 0 aromatic rings. The van der Waals surface area contributed by atoms with Gasteiger partial charge in [0.15, 0.2) is 0 Å². The van der Waals surface area contributed by atoms with Gasteiger partial charge in [0, 0.05) is 39.1 Å². The highest BCUT2D eigenvalue weighted by molar-refractivity contribution is 5.86. The highest BCUT2D eigenvalue weighted by Gasteiger charge is 2.55. The van der Waals surface area contributed by atoms with E-state index in [2.05, 4.69) is 5.32 Å². The molecule has 7 heteroatoms. The third-order valence-electron chi connectivity index (χ3n) is 5.04. The van der Waals surface area contributed by atoms with Crippen molar-refractivity contribution in [3.05, 3.63) is 0 Å². The van der Waals surface area contributed by atoms with E-state index in [1.165, 1.54) is 4.90 Å².